The lowest BCUT2D eigenvalue weighted by Crippen LogP contribution is -2.30. The van der Waals surface area contributed by atoms with Crippen LogP contribution >= 0.6 is 11.6 Å². The largest absolute Gasteiger partial charge is 0.496 e. The Hall–Kier alpha value is -0.730. The first-order chi connectivity index (χ1) is 8.21. The Balaban J connectivity index is 2.79. The SMILES string of the molecule is CCCC(Cc1cc(Cl)ccc1OC)NCC. The summed E-state index contributed by atoms with van der Waals surface area (Å²) in [6.07, 6.45) is 3.31. The standard InChI is InChI=1S/C14H22ClNO/c1-4-6-13(16-5-2)10-11-9-12(15)7-8-14(11)17-3/h7-9,13,16H,4-6,10H2,1-3H3. The summed E-state index contributed by atoms with van der Waals surface area (Å²) < 4.78 is 5.37. The van der Waals surface area contributed by atoms with Crippen LogP contribution in [0.15, 0.2) is 18.2 Å². The second-order valence-electron chi connectivity index (χ2n) is 4.20. The molecule has 2 nitrogen and oxygen atoms in total. The van der Waals surface area contributed by atoms with E-state index in [-0.39, 0.29) is 0 Å². The third-order valence-electron chi connectivity index (χ3n) is 2.84. The molecule has 1 unspecified atom stereocenters. The number of hydrogen-bond acceptors (Lipinski definition) is 2. The van der Waals surface area contributed by atoms with Crippen LogP contribution in [0.1, 0.15) is 32.3 Å². The van der Waals surface area contributed by atoms with E-state index in [1.165, 1.54) is 18.4 Å². The van der Waals surface area contributed by atoms with Crippen molar-refractivity contribution in [2.24, 2.45) is 0 Å². The summed E-state index contributed by atoms with van der Waals surface area (Å²) in [5.74, 6) is 0.924. The molecule has 96 valence electrons. The monoisotopic (exact) mass is 255 g/mol. The van der Waals surface area contributed by atoms with Gasteiger partial charge < -0.3 is 10.1 Å². The van der Waals surface area contributed by atoms with Crippen LogP contribution in [0, 0.1) is 0 Å². The van der Waals surface area contributed by atoms with Gasteiger partial charge in [-0.2, -0.15) is 0 Å². The van der Waals surface area contributed by atoms with Gasteiger partial charge in [0, 0.05) is 11.1 Å². The van der Waals surface area contributed by atoms with Gasteiger partial charge in [-0.05, 0) is 43.1 Å². The van der Waals surface area contributed by atoms with E-state index < -0.39 is 0 Å². The Morgan fingerprint density at radius 1 is 1.35 bits per heavy atom. The maximum atomic E-state index is 6.04. The fraction of sp³-hybridized carbons (Fsp3) is 0.571. The van der Waals surface area contributed by atoms with Crippen molar-refractivity contribution >= 4 is 11.6 Å². The van der Waals surface area contributed by atoms with E-state index in [0.717, 1.165) is 23.7 Å². The highest BCUT2D eigenvalue weighted by atomic mass is 35.5. The lowest BCUT2D eigenvalue weighted by molar-refractivity contribution is 0.402. The van der Waals surface area contributed by atoms with Crippen molar-refractivity contribution in [1.29, 1.82) is 0 Å². The van der Waals surface area contributed by atoms with Gasteiger partial charge in [-0.3, -0.25) is 0 Å². The first kappa shape index (κ1) is 14.3. The number of likely N-dealkylation sites (N-methyl/N-ethyl adjacent to an activating group) is 1. The Morgan fingerprint density at radius 2 is 2.12 bits per heavy atom. The molecule has 1 rings (SSSR count). The smallest absolute Gasteiger partial charge is 0.122 e. The molecule has 0 radical (unpaired) electrons. The number of hydrogen-bond donors (Lipinski definition) is 1. The minimum atomic E-state index is 0.498. The number of ether oxygens (including phenoxy) is 1. The van der Waals surface area contributed by atoms with Crippen LogP contribution in [0.25, 0.3) is 0 Å². The topological polar surface area (TPSA) is 21.3 Å². The van der Waals surface area contributed by atoms with Crippen molar-refractivity contribution in [2.75, 3.05) is 13.7 Å². The fourth-order valence-electron chi connectivity index (χ4n) is 2.09. The van der Waals surface area contributed by atoms with Crippen LogP contribution in [0.5, 0.6) is 5.75 Å². The van der Waals surface area contributed by atoms with Crippen LogP contribution in [0.4, 0.5) is 0 Å². The van der Waals surface area contributed by atoms with Crippen molar-refractivity contribution in [1.82, 2.24) is 5.32 Å². The molecule has 0 aliphatic heterocycles. The first-order valence-electron chi connectivity index (χ1n) is 6.27. The third-order valence-corrected chi connectivity index (χ3v) is 3.07. The summed E-state index contributed by atoms with van der Waals surface area (Å²) in [5.41, 5.74) is 1.18. The van der Waals surface area contributed by atoms with Crippen LogP contribution in [0.2, 0.25) is 5.02 Å². The predicted molar refractivity (Wildman–Crippen MR) is 74.1 cm³/mol. The van der Waals surface area contributed by atoms with Gasteiger partial charge in [0.05, 0.1) is 7.11 Å². The summed E-state index contributed by atoms with van der Waals surface area (Å²) in [6.45, 7) is 5.34. The van der Waals surface area contributed by atoms with Gasteiger partial charge >= 0.3 is 0 Å². The number of halogens is 1. The average Bonchev–Trinajstić information content (AvgIpc) is 2.30. The van der Waals surface area contributed by atoms with Crippen molar-refractivity contribution < 1.29 is 4.74 Å². The molecule has 0 saturated heterocycles. The van der Waals surface area contributed by atoms with Crippen LogP contribution in [-0.4, -0.2) is 19.7 Å². The highest BCUT2D eigenvalue weighted by Gasteiger charge is 2.11. The highest BCUT2D eigenvalue weighted by molar-refractivity contribution is 6.30. The number of nitrogens with one attached hydrogen (secondary N) is 1. The normalized spacial score (nSPS) is 12.5. The quantitative estimate of drug-likeness (QED) is 0.803. The summed E-state index contributed by atoms with van der Waals surface area (Å²) >= 11 is 6.04. The van der Waals surface area contributed by atoms with Crippen molar-refractivity contribution in [3.63, 3.8) is 0 Å². The van der Waals surface area contributed by atoms with Crippen LogP contribution in [-0.2, 0) is 6.42 Å². The third kappa shape index (κ3) is 4.57. The minimum Gasteiger partial charge on any atom is -0.496 e. The molecule has 1 aromatic carbocycles. The highest BCUT2D eigenvalue weighted by Crippen LogP contribution is 2.24. The molecule has 1 N–H and O–H groups in total. The van der Waals surface area contributed by atoms with Crippen LogP contribution < -0.4 is 10.1 Å². The summed E-state index contributed by atoms with van der Waals surface area (Å²) in [5, 5.41) is 4.28. The van der Waals surface area contributed by atoms with E-state index in [1.807, 2.05) is 18.2 Å². The average molecular weight is 256 g/mol. The molecular formula is C14H22ClNO. The summed E-state index contributed by atoms with van der Waals surface area (Å²) in [6, 6.07) is 6.30. The van der Waals surface area contributed by atoms with Crippen molar-refractivity contribution in [3.8, 4) is 5.75 Å². The molecule has 0 aliphatic rings. The molecule has 0 heterocycles. The molecule has 1 aromatic rings. The van der Waals surface area contributed by atoms with E-state index in [1.54, 1.807) is 7.11 Å². The maximum absolute atomic E-state index is 6.04. The van der Waals surface area contributed by atoms with Gasteiger partial charge in [0.1, 0.15) is 5.75 Å². The van der Waals surface area contributed by atoms with Gasteiger partial charge in [0.2, 0.25) is 0 Å². The molecule has 0 bridgehead atoms. The second-order valence-corrected chi connectivity index (χ2v) is 4.64. The molecular weight excluding hydrogens is 234 g/mol. The summed E-state index contributed by atoms with van der Waals surface area (Å²) in [7, 11) is 1.70. The molecule has 0 spiro atoms. The molecule has 17 heavy (non-hydrogen) atoms. The number of rotatable bonds is 7. The maximum Gasteiger partial charge on any atom is 0.122 e. The predicted octanol–water partition coefficient (Wildman–Crippen LogP) is 3.67. The Kier molecular flexibility index (Phi) is 6.38. The molecule has 1 atom stereocenters. The molecule has 0 fully saturated rings. The van der Waals surface area contributed by atoms with Crippen LogP contribution in [0.3, 0.4) is 0 Å². The zero-order valence-corrected chi connectivity index (χ0v) is 11.7. The van der Waals surface area contributed by atoms with E-state index in [2.05, 4.69) is 19.2 Å². The van der Waals surface area contributed by atoms with Crippen molar-refractivity contribution in [3.05, 3.63) is 28.8 Å². The molecule has 0 aromatic heterocycles. The number of benzene rings is 1. The molecule has 0 amide bonds. The van der Waals surface area contributed by atoms with E-state index in [0.29, 0.717) is 6.04 Å². The van der Waals surface area contributed by atoms with Gasteiger partial charge in [-0.1, -0.05) is 31.9 Å². The van der Waals surface area contributed by atoms with E-state index in [4.69, 9.17) is 16.3 Å². The fourth-order valence-corrected chi connectivity index (χ4v) is 2.28. The Bertz CT molecular complexity index is 335. The lowest BCUT2D eigenvalue weighted by atomic mass is 10.0. The molecule has 3 heteroatoms. The summed E-state index contributed by atoms with van der Waals surface area (Å²) in [4.78, 5) is 0. The zero-order chi connectivity index (χ0) is 12.7. The minimum absolute atomic E-state index is 0.498. The van der Waals surface area contributed by atoms with E-state index >= 15 is 0 Å². The number of methoxy groups -OCH3 is 1. The molecule has 0 aliphatic carbocycles. The van der Waals surface area contributed by atoms with Crippen molar-refractivity contribution in [2.45, 2.75) is 39.2 Å². The van der Waals surface area contributed by atoms with Gasteiger partial charge in [0.25, 0.3) is 0 Å². The lowest BCUT2D eigenvalue weighted by Gasteiger charge is -2.18. The first-order valence-corrected chi connectivity index (χ1v) is 6.64. The van der Waals surface area contributed by atoms with E-state index in [9.17, 15) is 0 Å². The Morgan fingerprint density at radius 3 is 2.71 bits per heavy atom. The van der Waals surface area contributed by atoms with Gasteiger partial charge in [0.15, 0.2) is 0 Å². The second kappa shape index (κ2) is 7.57. The van der Waals surface area contributed by atoms with Gasteiger partial charge in [-0.25, -0.2) is 0 Å². The molecule has 0 saturated carbocycles. The van der Waals surface area contributed by atoms with Gasteiger partial charge in [-0.15, -0.1) is 0 Å². The Labute approximate surface area is 109 Å². The zero-order valence-electron chi connectivity index (χ0n) is 10.9.